The predicted molar refractivity (Wildman–Crippen MR) is 69.2 cm³/mol. The molecule has 1 aliphatic carbocycles. The maximum Gasteiger partial charge on any atom is 0.0530 e. The van der Waals surface area contributed by atoms with Gasteiger partial charge in [-0.15, -0.1) is 0 Å². The molecule has 1 aliphatic rings. The molecule has 2 aromatic rings. The lowest BCUT2D eigenvalue weighted by molar-refractivity contribution is 1.04. The smallest absolute Gasteiger partial charge is 0.0530 e. The average Bonchev–Trinajstić information content (AvgIpc) is 2.63. The molecule has 0 amide bonds. The van der Waals surface area contributed by atoms with E-state index in [1.165, 1.54) is 33.5 Å². The molecule has 0 bridgehead atoms. The molecule has 17 heavy (non-hydrogen) atoms. The van der Waals surface area contributed by atoms with Gasteiger partial charge in [0.2, 0.25) is 0 Å². The van der Waals surface area contributed by atoms with E-state index in [2.05, 4.69) is 38.7 Å². The van der Waals surface area contributed by atoms with Crippen LogP contribution in [0.1, 0.15) is 33.8 Å². The van der Waals surface area contributed by atoms with Crippen molar-refractivity contribution in [2.45, 2.75) is 34.1 Å². The van der Waals surface area contributed by atoms with Crippen LogP contribution in [0.2, 0.25) is 0 Å². The summed E-state index contributed by atoms with van der Waals surface area (Å²) in [5.41, 5.74) is 10.0. The maximum absolute atomic E-state index is 4.71. The first-order valence-corrected chi connectivity index (χ1v) is 6.00. The second-order valence-electron chi connectivity index (χ2n) is 4.92. The summed E-state index contributed by atoms with van der Waals surface area (Å²) in [5.74, 6) is 0. The van der Waals surface area contributed by atoms with Gasteiger partial charge in [-0.3, -0.25) is 9.97 Å². The summed E-state index contributed by atoms with van der Waals surface area (Å²) in [7, 11) is 0. The molecule has 2 nitrogen and oxygen atoms in total. The Morgan fingerprint density at radius 2 is 1.76 bits per heavy atom. The van der Waals surface area contributed by atoms with Crippen molar-refractivity contribution in [3.05, 3.63) is 46.0 Å². The Balaban J connectivity index is 2.29. The molecule has 0 spiro atoms. The zero-order chi connectivity index (χ0) is 12.2. The highest BCUT2D eigenvalue weighted by atomic mass is 14.7. The number of aryl methyl sites for hydroxylation is 3. The van der Waals surface area contributed by atoms with Gasteiger partial charge in [0.05, 0.1) is 5.69 Å². The number of fused-ring (bicyclic) bond motifs is 3. The minimum absolute atomic E-state index is 0.959. The Hall–Kier alpha value is -1.70. The highest BCUT2D eigenvalue weighted by Crippen LogP contribution is 2.38. The molecule has 0 unspecified atom stereocenters. The van der Waals surface area contributed by atoms with Gasteiger partial charge in [0, 0.05) is 35.1 Å². The second-order valence-corrected chi connectivity index (χ2v) is 4.92. The molecule has 0 aromatic carbocycles. The van der Waals surface area contributed by atoms with Crippen molar-refractivity contribution in [3.8, 4) is 11.1 Å². The molecule has 0 aliphatic heterocycles. The van der Waals surface area contributed by atoms with Gasteiger partial charge in [0.15, 0.2) is 0 Å². The van der Waals surface area contributed by atoms with E-state index in [1.54, 1.807) is 0 Å². The maximum atomic E-state index is 4.71. The summed E-state index contributed by atoms with van der Waals surface area (Å²) >= 11 is 0. The van der Waals surface area contributed by atoms with Gasteiger partial charge in [-0.25, -0.2) is 0 Å². The van der Waals surface area contributed by atoms with Gasteiger partial charge in [-0.1, -0.05) is 0 Å². The van der Waals surface area contributed by atoms with E-state index < -0.39 is 0 Å². The molecule has 3 rings (SSSR count). The van der Waals surface area contributed by atoms with Crippen molar-refractivity contribution in [3.63, 3.8) is 0 Å². The van der Waals surface area contributed by atoms with Gasteiger partial charge < -0.3 is 0 Å². The molecule has 86 valence electrons. The van der Waals surface area contributed by atoms with Gasteiger partial charge in [-0.05, 0) is 50.5 Å². The fourth-order valence-electron chi connectivity index (χ4n) is 2.51. The number of pyridine rings is 2. The Bertz CT molecular complexity index is 627. The monoisotopic (exact) mass is 224 g/mol. The Kier molecular flexibility index (Phi) is 2.09. The number of nitrogens with zero attached hydrogens (tertiary/aromatic N) is 2. The van der Waals surface area contributed by atoms with E-state index in [0.717, 1.165) is 17.8 Å². The van der Waals surface area contributed by atoms with Crippen LogP contribution in [-0.4, -0.2) is 9.97 Å². The van der Waals surface area contributed by atoms with Gasteiger partial charge in [0.25, 0.3) is 0 Å². The summed E-state index contributed by atoms with van der Waals surface area (Å²) in [4.78, 5) is 9.18. The summed E-state index contributed by atoms with van der Waals surface area (Å²) in [5, 5.41) is 0. The molecular weight excluding hydrogens is 208 g/mol. The summed E-state index contributed by atoms with van der Waals surface area (Å²) in [6, 6.07) is 2.25. The third-order valence-corrected chi connectivity index (χ3v) is 3.89. The first-order valence-electron chi connectivity index (χ1n) is 6.00. The van der Waals surface area contributed by atoms with Crippen molar-refractivity contribution in [2.75, 3.05) is 0 Å². The SMILES string of the molecule is Cc1cc2c(nc1C)Cc1c-2cnc(C)c1C. The van der Waals surface area contributed by atoms with Crippen LogP contribution in [0.4, 0.5) is 0 Å². The van der Waals surface area contributed by atoms with E-state index in [4.69, 9.17) is 4.98 Å². The number of aromatic nitrogens is 2. The van der Waals surface area contributed by atoms with Crippen LogP contribution in [0.5, 0.6) is 0 Å². The van der Waals surface area contributed by atoms with Gasteiger partial charge in [-0.2, -0.15) is 0 Å². The van der Waals surface area contributed by atoms with E-state index >= 15 is 0 Å². The van der Waals surface area contributed by atoms with Crippen LogP contribution in [-0.2, 0) is 6.42 Å². The van der Waals surface area contributed by atoms with Crippen molar-refractivity contribution >= 4 is 0 Å². The lowest BCUT2D eigenvalue weighted by Gasteiger charge is -2.06. The summed E-state index contributed by atoms with van der Waals surface area (Å²) in [6.45, 7) is 8.43. The van der Waals surface area contributed by atoms with Crippen LogP contribution < -0.4 is 0 Å². The molecule has 0 N–H and O–H groups in total. The van der Waals surface area contributed by atoms with Crippen LogP contribution in [0.15, 0.2) is 12.3 Å². The first kappa shape index (κ1) is 10.5. The number of hydrogen-bond acceptors (Lipinski definition) is 2. The normalized spacial score (nSPS) is 12.5. The van der Waals surface area contributed by atoms with E-state index in [-0.39, 0.29) is 0 Å². The first-order chi connectivity index (χ1) is 8.08. The zero-order valence-electron chi connectivity index (χ0n) is 10.8. The molecule has 2 heteroatoms. The van der Waals surface area contributed by atoms with Gasteiger partial charge >= 0.3 is 0 Å². The van der Waals surface area contributed by atoms with E-state index in [1.807, 2.05) is 6.20 Å². The van der Waals surface area contributed by atoms with Crippen molar-refractivity contribution in [1.82, 2.24) is 9.97 Å². The molecule has 0 saturated carbocycles. The van der Waals surface area contributed by atoms with Crippen LogP contribution in [0, 0.1) is 27.7 Å². The van der Waals surface area contributed by atoms with Crippen LogP contribution in [0.3, 0.4) is 0 Å². The molecule has 0 atom stereocenters. The lowest BCUT2D eigenvalue weighted by atomic mass is 10.0. The minimum atomic E-state index is 0.959. The fourth-order valence-corrected chi connectivity index (χ4v) is 2.51. The highest BCUT2D eigenvalue weighted by Gasteiger charge is 2.23. The second kappa shape index (κ2) is 3.39. The minimum Gasteiger partial charge on any atom is -0.261 e. The molecule has 0 fully saturated rings. The summed E-state index contributed by atoms with van der Waals surface area (Å²) < 4.78 is 0. The zero-order valence-corrected chi connectivity index (χ0v) is 10.8. The average molecular weight is 224 g/mol. The van der Waals surface area contributed by atoms with Crippen LogP contribution >= 0.6 is 0 Å². The van der Waals surface area contributed by atoms with Crippen LogP contribution in [0.25, 0.3) is 11.1 Å². The molecule has 2 heterocycles. The molecular formula is C15H16N2. The lowest BCUT2D eigenvalue weighted by Crippen LogP contribution is -1.94. The third-order valence-electron chi connectivity index (χ3n) is 3.89. The topological polar surface area (TPSA) is 25.8 Å². The molecule has 0 radical (unpaired) electrons. The third kappa shape index (κ3) is 1.40. The number of hydrogen-bond donors (Lipinski definition) is 0. The standard InChI is InChI=1S/C15H16N2/c1-8-5-13-14-7-16-11(4)9(2)12(14)6-15(13)17-10(8)3/h5,7H,6H2,1-4H3. The Morgan fingerprint density at radius 3 is 2.53 bits per heavy atom. The summed E-state index contributed by atoms with van der Waals surface area (Å²) in [6.07, 6.45) is 2.96. The molecule has 0 saturated heterocycles. The van der Waals surface area contributed by atoms with Crippen molar-refractivity contribution in [2.24, 2.45) is 0 Å². The highest BCUT2D eigenvalue weighted by molar-refractivity contribution is 5.76. The number of rotatable bonds is 0. The largest absolute Gasteiger partial charge is 0.261 e. The molecule has 2 aromatic heterocycles. The Labute approximate surface area is 102 Å². The Morgan fingerprint density at radius 1 is 1.00 bits per heavy atom. The van der Waals surface area contributed by atoms with Crippen molar-refractivity contribution in [1.29, 1.82) is 0 Å². The quantitative estimate of drug-likeness (QED) is 0.585. The van der Waals surface area contributed by atoms with E-state index in [0.29, 0.717) is 0 Å². The fraction of sp³-hybridized carbons (Fsp3) is 0.333. The van der Waals surface area contributed by atoms with Crippen molar-refractivity contribution < 1.29 is 0 Å². The predicted octanol–water partition coefficient (Wildman–Crippen LogP) is 3.28. The van der Waals surface area contributed by atoms with E-state index in [9.17, 15) is 0 Å². The van der Waals surface area contributed by atoms with Gasteiger partial charge in [0.1, 0.15) is 0 Å².